The van der Waals surface area contributed by atoms with Gasteiger partial charge in [-0.3, -0.25) is 9.59 Å². The predicted molar refractivity (Wildman–Crippen MR) is 132 cm³/mol. The fourth-order valence-electron chi connectivity index (χ4n) is 3.62. The number of rotatable bonds is 10. The van der Waals surface area contributed by atoms with Crippen LogP contribution < -0.4 is 20.7 Å². The number of anilines is 2. The van der Waals surface area contributed by atoms with Gasteiger partial charge in [0, 0.05) is 30.1 Å². The molecule has 7 heteroatoms. The molecule has 0 aromatic heterocycles. The fraction of sp³-hybridized carbons (Fsp3) is 0.259. The summed E-state index contributed by atoms with van der Waals surface area (Å²) >= 11 is 0. The molecule has 1 unspecified atom stereocenters. The summed E-state index contributed by atoms with van der Waals surface area (Å²) in [6.45, 7) is 1.89. The number of nitrogens with one attached hydrogen (secondary N) is 3. The molecule has 3 N–H and O–H groups in total. The van der Waals surface area contributed by atoms with Crippen LogP contribution in [0.5, 0.6) is 5.75 Å². The first kappa shape index (κ1) is 23.3. The Morgan fingerprint density at radius 3 is 2.35 bits per heavy atom. The van der Waals surface area contributed by atoms with E-state index in [0.29, 0.717) is 24.4 Å². The Hall–Kier alpha value is -3.84. The van der Waals surface area contributed by atoms with Gasteiger partial charge in [0.2, 0.25) is 5.91 Å². The van der Waals surface area contributed by atoms with Gasteiger partial charge in [0.1, 0.15) is 12.4 Å². The number of hydrogen-bond donors (Lipinski definition) is 3. The van der Waals surface area contributed by atoms with Crippen LogP contribution in [-0.2, 0) is 16.1 Å². The lowest BCUT2D eigenvalue weighted by Crippen LogP contribution is -2.31. The summed E-state index contributed by atoms with van der Waals surface area (Å²) in [5, 5.41) is 8.82. The van der Waals surface area contributed by atoms with E-state index in [1.807, 2.05) is 54.6 Å². The van der Waals surface area contributed by atoms with Gasteiger partial charge in [0.05, 0.1) is 12.6 Å². The molecule has 1 fully saturated rings. The van der Waals surface area contributed by atoms with Gasteiger partial charge in [0.15, 0.2) is 0 Å². The lowest BCUT2D eigenvalue weighted by atomic mass is 10.2. The highest BCUT2D eigenvalue weighted by atomic mass is 16.5. The normalized spacial score (nSPS) is 14.9. The average molecular weight is 460 g/mol. The van der Waals surface area contributed by atoms with Crippen molar-refractivity contribution in [1.29, 1.82) is 0 Å². The summed E-state index contributed by atoms with van der Waals surface area (Å²) in [5.41, 5.74) is 3.12. The first-order valence-corrected chi connectivity index (χ1v) is 11.5. The van der Waals surface area contributed by atoms with Crippen molar-refractivity contribution in [3.63, 3.8) is 0 Å². The van der Waals surface area contributed by atoms with Crippen molar-refractivity contribution >= 4 is 23.2 Å². The quantitative estimate of drug-likeness (QED) is 0.422. The smallest absolute Gasteiger partial charge is 0.251 e. The zero-order valence-corrected chi connectivity index (χ0v) is 19.0. The maximum atomic E-state index is 12.3. The minimum absolute atomic E-state index is 0.108. The molecule has 0 bridgehead atoms. The molecule has 1 aliphatic rings. The summed E-state index contributed by atoms with van der Waals surface area (Å²) in [4.78, 5) is 24.5. The molecule has 1 atom stereocenters. The summed E-state index contributed by atoms with van der Waals surface area (Å²) in [6.07, 6.45) is 2.14. The minimum Gasteiger partial charge on any atom is -0.489 e. The number of carbonyl (C=O) groups is 2. The van der Waals surface area contributed by atoms with Crippen LogP contribution in [0.1, 0.15) is 28.8 Å². The maximum absolute atomic E-state index is 12.3. The molecule has 4 rings (SSSR count). The van der Waals surface area contributed by atoms with Gasteiger partial charge in [-0.15, -0.1) is 0 Å². The van der Waals surface area contributed by atoms with Gasteiger partial charge >= 0.3 is 0 Å². The third-order valence-electron chi connectivity index (χ3n) is 5.50. The molecule has 0 spiro atoms. The standard InChI is InChI=1S/C27H29N3O4/c31-26(30-23-12-14-24(15-13-23)34-19-20-5-2-1-3-6-20)18-28-22-10-8-21(9-11-22)27(32)29-17-25-7-4-16-33-25/h1-3,5-6,8-15,25,28H,4,7,16-19H2,(H,29,32)(H,30,31). The monoisotopic (exact) mass is 459 g/mol. The van der Waals surface area contributed by atoms with E-state index in [0.717, 1.165) is 36.4 Å². The fourth-order valence-corrected chi connectivity index (χ4v) is 3.62. The Kier molecular flexibility index (Phi) is 8.13. The van der Waals surface area contributed by atoms with Gasteiger partial charge < -0.3 is 25.4 Å². The van der Waals surface area contributed by atoms with Crippen LogP contribution in [0.15, 0.2) is 78.9 Å². The van der Waals surface area contributed by atoms with Crippen molar-refractivity contribution in [2.75, 3.05) is 30.3 Å². The lowest BCUT2D eigenvalue weighted by molar-refractivity contribution is -0.114. The molecular weight excluding hydrogens is 430 g/mol. The number of hydrogen-bond acceptors (Lipinski definition) is 5. The molecular formula is C27H29N3O4. The highest BCUT2D eigenvalue weighted by Crippen LogP contribution is 2.17. The van der Waals surface area contributed by atoms with E-state index in [-0.39, 0.29) is 24.5 Å². The Bertz CT molecular complexity index is 1060. The number of ether oxygens (including phenoxy) is 2. The highest BCUT2D eigenvalue weighted by molar-refractivity contribution is 5.95. The van der Waals surface area contributed by atoms with Gasteiger partial charge in [-0.1, -0.05) is 30.3 Å². The second kappa shape index (κ2) is 11.9. The lowest BCUT2D eigenvalue weighted by Gasteiger charge is -2.12. The first-order valence-electron chi connectivity index (χ1n) is 11.5. The molecule has 1 aliphatic heterocycles. The van der Waals surface area contributed by atoms with Crippen LogP contribution in [0.3, 0.4) is 0 Å². The van der Waals surface area contributed by atoms with Gasteiger partial charge in [-0.05, 0) is 66.9 Å². The van der Waals surface area contributed by atoms with Crippen molar-refractivity contribution in [3.05, 3.63) is 90.0 Å². The molecule has 2 amide bonds. The molecule has 7 nitrogen and oxygen atoms in total. The molecule has 34 heavy (non-hydrogen) atoms. The molecule has 176 valence electrons. The topological polar surface area (TPSA) is 88.7 Å². The van der Waals surface area contributed by atoms with Crippen LogP contribution in [0.4, 0.5) is 11.4 Å². The van der Waals surface area contributed by atoms with Crippen molar-refractivity contribution in [2.45, 2.75) is 25.6 Å². The molecule has 1 heterocycles. The number of benzene rings is 3. The summed E-state index contributed by atoms with van der Waals surface area (Å²) < 4.78 is 11.3. The molecule has 0 radical (unpaired) electrons. The van der Waals surface area contributed by atoms with Crippen molar-refractivity contribution in [2.24, 2.45) is 0 Å². The molecule has 0 aliphatic carbocycles. The average Bonchev–Trinajstić information content (AvgIpc) is 3.40. The number of carbonyl (C=O) groups excluding carboxylic acids is 2. The Balaban J connectivity index is 1.18. The van der Waals surface area contributed by atoms with Crippen LogP contribution in [-0.4, -0.2) is 37.6 Å². The minimum atomic E-state index is -0.170. The van der Waals surface area contributed by atoms with E-state index < -0.39 is 0 Å². The van der Waals surface area contributed by atoms with Crippen LogP contribution >= 0.6 is 0 Å². The largest absolute Gasteiger partial charge is 0.489 e. The van der Waals surface area contributed by atoms with Crippen LogP contribution in [0.25, 0.3) is 0 Å². The SMILES string of the molecule is O=C(CNc1ccc(C(=O)NCC2CCCO2)cc1)Nc1ccc(OCc2ccccc2)cc1. The zero-order chi connectivity index (χ0) is 23.6. The van der Waals surface area contributed by atoms with Gasteiger partial charge in [-0.2, -0.15) is 0 Å². The second-order valence-electron chi connectivity index (χ2n) is 8.12. The van der Waals surface area contributed by atoms with E-state index in [9.17, 15) is 9.59 Å². The van der Waals surface area contributed by atoms with Crippen molar-refractivity contribution < 1.29 is 19.1 Å². The van der Waals surface area contributed by atoms with E-state index in [1.54, 1.807) is 24.3 Å². The third kappa shape index (κ3) is 7.08. The maximum Gasteiger partial charge on any atom is 0.251 e. The van der Waals surface area contributed by atoms with E-state index in [1.165, 1.54) is 0 Å². The van der Waals surface area contributed by atoms with Crippen molar-refractivity contribution in [3.8, 4) is 5.75 Å². The number of amides is 2. The predicted octanol–water partition coefficient (Wildman–Crippen LogP) is 4.23. The van der Waals surface area contributed by atoms with E-state index in [4.69, 9.17) is 9.47 Å². The summed E-state index contributed by atoms with van der Waals surface area (Å²) in [7, 11) is 0. The Morgan fingerprint density at radius 2 is 1.65 bits per heavy atom. The van der Waals surface area contributed by atoms with Crippen LogP contribution in [0.2, 0.25) is 0 Å². The molecule has 1 saturated heterocycles. The first-order chi connectivity index (χ1) is 16.7. The van der Waals surface area contributed by atoms with Gasteiger partial charge in [-0.25, -0.2) is 0 Å². The molecule has 3 aromatic rings. The summed E-state index contributed by atoms with van der Waals surface area (Å²) in [6, 6.07) is 24.3. The highest BCUT2D eigenvalue weighted by Gasteiger charge is 2.16. The summed E-state index contributed by atoms with van der Waals surface area (Å²) in [5.74, 6) is 0.437. The second-order valence-corrected chi connectivity index (χ2v) is 8.12. The Morgan fingerprint density at radius 1 is 0.912 bits per heavy atom. The molecule has 0 saturated carbocycles. The Labute approximate surface area is 199 Å². The van der Waals surface area contributed by atoms with E-state index >= 15 is 0 Å². The van der Waals surface area contributed by atoms with E-state index in [2.05, 4.69) is 16.0 Å². The molecule has 3 aromatic carbocycles. The zero-order valence-electron chi connectivity index (χ0n) is 19.0. The van der Waals surface area contributed by atoms with Crippen molar-refractivity contribution in [1.82, 2.24) is 5.32 Å². The van der Waals surface area contributed by atoms with Gasteiger partial charge in [0.25, 0.3) is 5.91 Å². The third-order valence-corrected chi connectivity index (χ3v) is 5.50. The van der Waals surface area contributed by atoms with Crippen LogP contribution in [0, 0.1) is 0 Å².